The number of aromatic carboxylic acids is 1. The Kier molecular flexibility index (Phi) is 4.95. The lowest BCUT2D eigenvalue weighted by Gasteiger charge is -2.32. The Morgan fingerprint density at radius 2 is 2.30 bits per heavy atom. The fourth-order valence-electron chi connectivity index (χ4n) is 2.61. The smallest absolute Gasteiger partial charge is 0.339 e. The van der Waals surface area contributed by atoms with E-state index in [1.165, 1.54) is 18.9 Å². The van der Waals surface area contributed by atoms with E-state index >= 15 is 0 Å². The molecule has 1 aliphatic rings. The van der Waals surface area contributed by atoms with Crippen LogP contribution in [-0.4, -0.2) is 42.2 Å². The molecule has 1 aromatic rings. The predicted molar refractivity (Wildman–Crippen MR) is 73.7 cm³/mol. The Labute approximate surface area is 118 Å². The second-order valence-electron chi connectivity index (χ2n) is 5.21. The first kappa shape index (κ1) is 14.8. The van der Waals surface area contributed by atoms with Crippen molar-refractivity contribution in [1.29, 1.82) is 0 Å². The van der Waals surface area contributed by atoms with Crippen LogP contribution in [0.4, 0.5) is 4.39 Å². The number of hydrogen-bond donors (Lipinski definition) is 1. The minimum Gasteiger partial charge on any atom is -0.493 e. The second-order valence-corrected chi connectivity index (χ2v) is 5.21. The summed E-state index contributed by atoms with van der Waals surface area (Å²) < 4.78 is 18.7. The summed E-state index contributed by atoms with van der Waals surface area (Å²) >= 11 is 0. The number of halogens is 1. The SMILES string of the molecule is CN1CCCCC1CCOc1cc(F)ccc1C(=O)O. The average Bonchev–Trinajstić information content (AvgIpc) is 2.41. The van der Waals surface area contributed by atoms with Gasteiger partial charge in [0.1, 0.15) is 17.1 Å². The van der Waals surface area contributed by atoms with Crippen LogP contribution in [0.2, 0.25) is 0 Å². The first-order valence-corrected chi connectivity index (χ1v) is 6.94. The lowest BCUT2D eigenvalue weighted by Crippen LogP contribution is -2.37. The number of hydrogen-bond acceptors (Lipinski definition) is 3. The number of carbonyl (C=O) groups is 1. The lowest BCUT2D eigenvalue weighted by atomic mass is 10.0. The second kappa shape index (κ2) is 6.70. The monoisotopic (exact) mass is 281 g/mol. The van der Waals surface area contributed by atoms with Gasteiger partial charge < -0.3 is 14.7 Å². The van der Waals surface area contributed by atoms with Crippen molar-refractivity contribution in [2.45, 2.75) is 31.7 Å². The molecule has 1 aromatic carbocycles. The first-order valence-electron chi connectivity index (χ1n) is 6.94. The molecule has 0 saturated carbocycles. The molecule has 110 valence electrons. The molecule has 1 saturated heterocycles. The van der Waals surface area contributed by atoms with E-state index in [1.807, 2.05) is 0 Å². The van der Waals surface area contributed by atoms with Crippen molar-refractivity contribution in [3.63, 3.8) is 0 Å². The molecule has 1 aliphatic heterocycles. The molecule has 1 atom stereocenters. The summed E-state index contributed by atoms with van der Waals surface area (Å²) in [4.78, 5) is 13.3. The van der Waals surface area contributed by atoms with Gasteiger partial charge >= 0.3 is 5.97 Å². The van der Waals surface area contributed by atoms with Gasteiger partial charge in [0, 0.05) is 12.1 Å². The van der Waals surface area contributed by atoms with Crippen molar-refractivity contribution in [2.24, 2.45) is 0 Å². The van der Waals surface area contributed by atoms with Crippen LogP contribution in [0.3, 0.4) is 0 Å². The minimum atomic E-state index is -1.10. The van der Waals surface area contributed by atoms with Gasteiger partial charge in [-0.05, 0) is 45.0 Å². The highest BCUT2D eigenvalue weighted by atomic mass is 19.1. The van der Waals surface area contributed by atoms with Crippen molar-refractivity contribution in [3.05, 3.63) is 29.6 Å². The first-order chi connectivity index (χ1) is 9.58. The Morgan fingerprint density at radius 3 is 3.00 bits per heavy atom. The highest BCUT2D eigenvalue weighted by molar-refractivity contribution is 5.90. The topological polar surface area (TPSA) is 49.8 Å². The molecule has 2 rings (SSSR count). The van der Waals surface area contributed by atoms with Crippen LogP contribution in [0.1, 0.15) is 36.0 Å². The molecule has 0 spiro atoms. The number of benzene rings is 1. The normalized spacial score (nSPS) is 19.8. The Morgan fingerprint density at radius 1 is 1.50 bits per heavy atom. The number of piperidine rings is 1. The van der Waals surface area contributed by atoms with Gasteiger partial charge in [-0.1, -0.05) is 6.42 Å². The van der Waals surface area contributed by atoms with Crippen LogP contribution in [-0.2, 0) is 0 Å². The van der Waals surface area contributed by atoms with E-state index in [-0.39, 0.29) is 11.3 Å². The number of carboxylic acids is 1. The summed E-state index contributed by atoms with van der Waals surface area (Å²) in [5.41, 5.74) is 0.00315. The van der Waals surface area contributed by atoms with Crippen LogP contribution in [0, 0.1) is 5.82 Å². The Bertz CT molecular complexity index is 478. The molecule has 4 nitrogen and oxygen atoms in total. The van der Waals surface area contributed by atoms with Crippen molar-refractivity contribution >= 4 is 5.97 Å². The van der Waals surface area contributed by atoms with E-state index in [1.54, 1.807) is 0 Å². The van der Waals surface area contributed by atoms with Gasteiger partial charge in [-0.15, -0.1) is 0 Å². The number of ether oxygens (including phenoxy) is 1. The largest absolute Gasteiger partial charge is 0.493 e. The third-order valence-electron chi connectivity index (χ3n) is 3.80. The molecule has 0 amide bonds. The third kappa shape index (κ3) is 3.70. The van der Waals surface area contributed by atoms with Crippen LogP contribution in [0.25, 0.3) is 0 Å². The van der Waals surface area contributed by atoms with Crippen molar-refractivity contribution < 1.29 is 19.0 Å². The Balaban J connectivity index is 1.93. The third-order valence-corrected chi connectivity index (χ3v) is 3.80. The minimum absolute atomic E-state index is 0.00315. The maximum atomic E-state index is 13.2. The zero-order valence-electron chi connectivity index (χ0n) is 11.6. The molecule has 0 radical (unpaired) electrons. The summed E-state index contributed by atoms with van der Waals surface area (Å²) in [5, 5.41) is 9.04. The van der Waals surface area contributed by atoms with E-state index in [4.69, 9.17) is 9.84 Å². The summed E-state index contributed by atoms with van der Waals surface area (Å²) in [6, 6.07) is 3.96. The summed E-state index contributed by atoms with van der Waals surface area (Å²) in [6.07, 6.45) is 4.40. The molecule has 1 N–H and O–H groups in total. The summed E-state index contributed by atoms with van der Waals surface area (Å²) in [5.74, 6) is -1.48. The van der Waals surface area contributed by atoms with Gasteiger partial charge in [0.2, 0.25) is 0 Å². The van der Waals surface area contributed by atoms with E-state index in [2.05, 4.69) is 11.9 Å². The average molecular weight is 281 g/mol. The maximum absolute atomic E-state index is 13.2. The standard InChI is InChI=1S/C15H20FNO3/c1-17-8-3-2-4-12(17)7-9-20-14-10-11(16)5-6-13(14)15(18)19/h5-6,10,12H,2-4,7-9H2,1H3,(H,18,19). The fraction of sp³-hybridized carbons (Fsp3) is 0.533. The molecular weight excluding hydrogens is 261 g/mol. The van der Waals surface area contributed by atoms with Crippen LogP contribution in [0.5, 0.6) is 5.75 Å². The predicted octanol–water partition coefficient (Wildman–Crippen LogP) is 2.78. The fourth-order valence-corrected chi connectivity index (χ4v) is 2.61. The van der Waals surface area contributed by atoms with Gasteiger partial charge in [-0.2, -0.15) is 0 Å². The Hall–Kier alpha value is -1.62. The molecule has 1 unspecified atom stereocenters. The number of nitrogens with zero attached hydrogens (tertiary/aromatic N) is 1. The van der Waals surface area contributed by atoms with E-state index in [0.29, 0.717) is 12.6 Å². The molecule has 20 heavy (non-hydrogen) atoms. The molecule has 0 aliphatic carbocycles. The lowest BCUT2D eigenvalue weighted by molar-refractivity contribution is 0.0691. The maximum Gasteiger partial charge on any atom is 0.339 e. The van der Waals surface area contributed by atoms with Crippen LogP contribution >= 0.6 is 0 Å². The van der Waals surface area contributed by atoms with Gasteiger partial charge in [0.25, 0.3) is 0 Å². The zero-order valence-corrected chi connectivity index (χ0v) is 11.6. The van der Waals surface area contributed by atoms with Gasteiger partial charge in [0.15, 0.2) is 0 Å². The van der Waals surface area contributed by atoms with Crippen LogP contribution < -0.4 is 4.74 Å². The van der Waals surface area contributed by atoms with E-state index in [0.717, 1.165) is 31.5 Å². The molecule has 0 aromatic heterocycles. The number of rotatable bonds is 5. The van der Waals surface area contributed by atoms with E-state index < -0.39 is 11.8 Å². The highest BCUT2D eigenvalue weighted by Gasteiger charge is 2.19. The molecule has 1 heterocycles. The van der Waals surface area contributed by atoms with Crippen molar-refractivity contribution in [3.8, 4) is 5.75 Å². The van der Waals surface area contributed by atoms with Gasteiger partial charge in [-0.3, -0.25) is 0 Å². The summed E-state index contributed by atoms with van der Waals surface area (Å²) in [7, 11) is 2.09. The van der Waals surface area contributed by atoms with Crippen molar-refractivity contribution in [1.82, 2.24) is 4.90 Å². The molecule has 5 heteroatoms. The van der Waals surface area contributed by atoms with Gasteiger partial charge in [0.05, 0.1) is 6.61 Å². The van der Waals surface area contributed by atoms with Crippen LogP contribution in [0.15, 0.2) is 18.2 Å². The highest BCUT2D eigenvalue weighted by Crippen LogP contribution is 2.22. The molecular formula is C15H20FNO3. The number of carboxylic acid groups (broad SMARTS) is 1. The van der Waals surface area contributed by atoms with Crippen molar-refractivity contribution in [2.75, 3.05) is 20.2 Å². The molecule has 1 fully saturated rings. The quantitative estimate of drug-likeness (QED) is 0.901. The zero-order chi connectivity index (χ0) is 14.5. The number of likely N-dealkylation sites (tertiary alicyclic amines) is 1. The van der Waals surface area contributed by atoms with Gasteiger partial charge in [-0.25, -0.2) is 9.18 Å². The molecule has 0 bridgehead atoms. The van der Waals surface area contributed by atoms with E-state index in [9.17, 15) is 9.18 Å². The summed E-state index contributed by atoms with van der Waals surface area (Å²) in [6.45, 7) is 1.49.